The van der Waals surface area contributed by atoms with Crippen LogP contribution in [0.5, 0.6) is 0 Å². The summed E-state index contributed by atoms with van der Waals surface area (Å²) in [5.41, 5.74) is 2.42. The molecule has 0 spiro atoms. The highest BCUT2D eigenvalue weighted by Crippen LogP contribution is 2.25. The molecule has 0 atom stereocenters. The van der Waals surface area contributed by atoms with E-state index in [1.807, 2.05) is 12.1 Å². The predicted octanol–water partition coefficient (Wildman–Crippen LogP) is 3.06. The summed E-state index contributed by atoms with van der Waals surface area (Å²) in [6, 6.07) is 7.17. The van der Waals surface area contributed by atoms with Gasteiger partial charge in [-0.15, -0.1) is 0 Å². The minimum absolute atomic E-state index is 0.0637. The van der Waals surface area contributed by atoms with Crippen molar-refractivity contribution in [1.82, 2.24) is 5.16 Å². The number of benzene rings is 1. The number of fused-ring (bicyclic) bond motifs is 1. The minimum Gasteiger partial charge on any atom is -0.463 e. The van der Waals surface area contributed by atoms with Gasteiger partial charge in [-0.3, -0.25) is 4.79 Å². The largest absolute Gasteiger partial charge is 0.463 e. The third-order valence-corrected chi connectivity index (χ3v) is 2.98. The van der Waals surface area contributed by atoms with E-state index in [-0.39, 0.29) is 5.43 Å². The third-order valence-electron chi connectivity index (χ3n) is 2.98. The molecular formula is C14H11NO3. The van der Waals surface area contributed by atoms with E-state index in [0.717, 1.165) is 5.56 Å². The van der Waals surface area contributed by atoms with Crippen molar-refractivity contribution in [1.29, 1.82) is 0 Å². The highest BCUT2D eigenvalue weighted by atomic mass is 16.5. The van der Waals surface area contributed by atoms with Gasteiger partial charge in [-0.2, -0.15) is 0 Å². The summed E-state index contributed by atoms with van der Waals surface area (Å²) in [5.74, 6) is 0.620. The molecule has 0 aliphatic rings. The van der Waals surface area contributed by atoms with E-state index in [2.05, 4.69) is 5.16 Å². The molecule has 1 aromatic carbocycles. The lowest BCUT2D eigenvalue weighted by Crippen LogP contribution is -2.05. The average Bonchev–Trinajstić information content (AvgIpc) is 2.71. The topological polar surface area (TPSA) is 56.2 Å². The van der Waals surface area contributed by atoms with Crippen molar-refractivity contribution in [2.45, 2.75) is 13.8 Å². The first kappa shape index (κ1) is 10.8. The van der Waals surface area contributed by atoms with Gasteiger partial charge in [0.2, 0.25) is 5.43 Å². The number of hydrogen-bond donors (Lipinski definition) is 0. The van der Waals surface area contributed by atoms with Crippen molar-refractivity contribution in [3.05, 3.63) is 52.2 Å². The Kier molecular flexibility index (Phi) is 2.30. The lowest BCUT2D eigenvalue weighted by atomic mass is 10.0. The van der Waals surface area contributed by atoms with Crippen molar-refractivity contribution in [2.75, 3.05) is 0 Å². The Hall–Kier alpha value is -2.36. The van der Waals surface area contributed by atoms with E-state index in [4.69, 9.17) is 8.94 Å². The Balaban J connectivity index is 2.38. The first-order valence-corrected chi connectivity index (χ1v) is 5.62. The standard InChI is InChI=1S/C14H11NO3/c1-8-13(9(2)18-15-8)11-7-17-12-6-4-3-5-10(12)14(11)16/h3-7H,1-2H3. The van der Waals surface area contributed by atoms with Gasteiger partial charge in [-0.1, -0.05) is 17.3 Å². The molecule has 2 heterocycles. The molecule has 0 saturated carbocycles. The molecule has 3 rings (SSSR count). The molecule has 0 N–H and O–H groups in total. The Morgan fingerprint density at radius 1 is 1.17 bits per heavy atom. The summed E-state index contributed by atoms with van der Waals surface area (Å²) in [6.45, 7) is 3.59. The van der Waals surface area contributed by atoms with Crippen LogP contribution in [0, 0.1) is 13.8 Å². The van der Waals surface area contributed by atoms with E-state index in [0.29, 0.717) is 28.0 Å². The van der Waals surface area contributed by atoms with Crippen LogP contribution in [0.2, 0.25) is 0 Å². The molecule has 4 nitrogen and oxygen atoms in total. The van der Waals surface area contributed by atoms with Gasteiger partial charge in [-0.05, 0) is 26.0 Å². The zero-order valence-electron chi connectivity index (χ0n) is 10.1. The Bertz CT molecular complexity index is 764. The van der Waals surface area contributed by atoms with E-state index >= 15 is 0 Å². The smallest absolute Gasteiger partial charge is 0.200 e. The molecule has 3 aromatic rings. The van der Waals surface area contributed by atoms with Crippen molar-refractivity contribution in [3.63, 3.8) is 0 Å². The van der Waals surface area contributed by atoms with E-state index in [1.54, 1.807) is 26.0 Å². The summed E-state index contributed by atoms with van der Waals surface area (Å²) in [4.78, 5) is 12.4. The molecule has 90 valence electrons. The van der Waals surface area contributed by atoms with Crippen LogP contribution in [0.1, 0.15) is 11.5 Å². The first-order chi connectivity index (χ1) is 8.68. The van der Waals surface area contributed by atoms with Crippen LogP contribution in [0.4, 0.5) is 0 Å². The number of para-hydroxylation sites is 1. The number of hydrogen-bond acceptors (Lipinski definition) is 4. The Morgan fingerprint density at radius 2 is 1.94 bits per heavy atom. The molecular weight excluding hydrogens is 230 g/mol. The van der Waals surface area contributed by atoms with Crippen LogP contribution < -0.4 is 5.43 Å². The second-order valence-electron chi connectivity index (χ2n) is 4.17. The molecule has 0 saturated heterocycles. The van der Waals surface area contributed by atoms with Gasteiger partial charge in [0.1, 0.15) is 17.6 Å². The quantitative estimate of drug-likeness (QED) is 0.657. The first-order valence-electron chi connectivity index (χ1n) is 5.62. The Morgan fingerprint density at radius 3 is 2.67 bits per heavy atom. The molecule has 0 amide bonds. The highest BCUT2D eigenvalue weighted by molar-refractivity contribution is 5.82. The number of aromatic nitrogens is 1. The van der Waals surface area contributed by atoms with Crippen LogP contribution in [0.15, 0.2) is 44.3 Å². The van der Waals surface area contributed by atoms with E-state index in [1.165, 1.54) is 6.26 Å². The maximum Gasteiger partial charge on any atom is 0.200 e. The molecule has 0 aliphatic carbocycles. The number of rotatable bonds is 1. The Labute approximate surface area is 103 Å². The molecule has 0 bridgehead atoms. The van der Waals surface area contributed by atoms with Crippen molar-refractivity contribution in [3.8, 4) is 11.1 Å². The third kappa shape index (κ3) is 1.46. The molecule has 0 aliphatic heterocycles. The molecule has 0 radical (unpaired) electrons. The van der Waals surface area contributed by atoms with Crippen molar-refractivity contribution < 1.29 is 8.94 Å². The lowest BCUT2D eigenvalue weighted by Gasteiger charge is -2.01. The SMILES string of the molecule is Cc1noc(C)c1-c1coc2ccccc2c1=O. The summed E-state index contributed by atoms with van der Waals surface area (Å²) in [6.07, 6.45) is 1.47. The highest BCUT2D eigenvalue weighted by Gasteiger charge is 2.16. The predicted molar refractivity (Wildman–Crippen MR) is 67.5 cm³/mol. The molecule has 18 heavy (non-hydrogen) atoms. The van der Waals surface area contributed by atoms with Gasteiger partial charge in [0.25, 0.3) is 0 Å². The fourth-order valence-electron chi connectivity index (χ4n) is 2.12. The monoisotopic (exact) mass is 241 g/mol. The molecule has 4 heteroatoms. The summed E-state index contributed by atoms with van der Waals surface area (Å²) in [5, 5.41) is 4.42. The molecule has 0 fully saturated rings. The van der Waals surface area contributed by atoms with E-state index in [9.17, 15) is 4.79 Å². The maximum absolute atomic E-state index is 12.4. The van der Waals surface area contributed by atoms with Gasteiger partial charge in [0, 0.05) is 0 Å². The van der Waals surface area contributed by atoms with Gasteiger partial charge in [0.15, 0.2) is 0 Å². The van der Waals surface area contributed by atoms with Crippen LogP contribution in [0.3, 0.4) is 0 Å². The van der Waals surface area contributed by atoms with Crippen LogP contribution in [-0.4, -0.2) is 5.16 Å². The molecule has 0 unspecified atom stereocenters. The number of nitrogens with zero attached hydrogens (tertiary/aromatic N) is 1. The fourth-order valence-corrected chi connectivity index (χ4v) is 2.12. The second kappa shape index (κ2) is 3.84. The zero-order valence-corrected chi connectivity index (χ0v) is 10.1. The van der Waals surface area contributed by atoms with Crippen LogP contribution in [0.25, 0.3) is 22.1 Å². The lowest BCUT2D eigenvalue weighted by molar-refractivity contribution is 0.393. The fraction of sp³-hybridized carbons (Fsp3) is 0.143. The van der Waals surface area contributed by atoms with Crippen molar-refractivity contribution >= 4 is 11.0 Å². The zero-order chi connectivity index (χ0) is 12.7. The van der Waals surface area contributed by atoms with Crippen LogP contribution >= 0.6 is 0 Å². The second-order valence-corrected chi connectivity index (χ2v) is 4.17. The number of aryl methyl sites for hydroxylation is 2. The van der Waals surface area contributed by atoms with Crippen LogP contribution in [-0.2, 0) is 0 Å². The normalized spacial score (nSPS) is 11.0. The maximum atomic E-state index is 12.4. The van der Waals surface area contributed by atoms with Crippen molar-refractivity contribution in [2.24, 2.45) is 0 Å². The summed E-state index contributed by atoms with van der Waals surface area (Å²) in [7, 11) is 0. The summed E-state index contributed by atoms with van der Waals surface area (Å²) < 4.78 is 10.6. The van der Waals surface area contributed by atoms with Gasteiger partial charge in [-0.25, -0.2) is 0 Å². The minimum atomic E-state index is -0.0637. The molecule has 2 aromatic heterocycles. The summed E-state index contributed by atoms with van der Waals surface area (Å²) >= 11 is 0. The van der Waals surface area contributed by atoms with Gasteiger partial charge >= 0.3 is 0 Å². The van der Waals surface area contributed by atoms with Gasteiger partial charge in [0.05, 0.1) is 22.2 Å². The van der Waals surface area contributed by atoms with E-state index < -0.39 is 0 Å². The van der Waals surface area contributed by atoms with Gasteiger partial charge < -0.3 is 8.94 Å². The average molecular weight is 241 g/mol.